The number of aromatic nitrogens is 1. The quantitative estimate of drug-likeness (QED) is 0.739. The third kappa shape index (κ3) is 1.29. The second-order valence-electron chi connectivity index (χ2n) is 3.97. The largest absolute Gasteiger partial charge is 0.398 e. The third-order valence-corrected chi connectivity index (χ3v) is 3.25. The zero-order chi connectivity index (χ0) is 10.4. The fourth-order valence-electron chi connectivity index (χ4n) is 2.27. The average Bonchev–Trinajstić information content (AvgIpc) is 2.65. The van der Waals surface area contributed by atoms with Crippen LogP contribution in [0.5, 0.6) is 0 Å². The summed E-state index contributed by atoms with van der Waals surface area (Å²) in [6.45, 7) is 0. The van der Waals surface area contributed by atoms with Crippen molar-refractivity contribution < 1.29 is 0 Å². The van der Waals surface area contributed by atoms with Crippen LogP contribution in [-0.2, 0) is 12.8 Å². The summed E-state index contributed by atoms with van der Waals surface area (Å²) in [6, 6.07) is 5.70. The Kier molecular flexibility index (Phi) is 1.86. The lowest BCUT2D eigenvalue weighted by Crippen LogP contribution is -1.98. The molecule has 0 fully saturated rings. The third-order valence-electron chi connectivity index (χ3n) is 3.02. The summed E-state index contributed by atoms with van der Waals surface area (Å²) >= 11 is 5.94. The minimum Gasteiger partial charge on any atom is -0.398 e. The van der Waals surface area contributed by atoms with E-state index in [0.717, 1.165) is 41.5 Å². The summed E-state index contributed by atoms with van der Waals surface area (Å²) in [5.74, 6) is 0. The van der Waals surface area contributed by atoms with E-state index in [1.54, 1.807) is 0 Å². The molecule has 2 nitrogen and oxygen atoms in total. The maximum Gasteiger partial charge on any atom is 0.0741 e. The number of nitrogen functional groups attached to an aromatic ring is 1. The fraction of sp³-hybridized carbons (Fsp3) is 0.250. The summed E-state index contributed by atoms with van der Waals surface area (Å²) in [4.78, 5) is 4.61. The van der Waals surface area contributed by atoms with E-state index in [4.69, 9.17) is 17.3 Å². The molecule has 1 aliphatic carbocycles. The van der Waals surface area contributed by atoms with Gasteiger partial charge in [0.25, 0.3) is 0 Å². The zero-order valence-corrected chi connectivity index (χ0v) is 9.01. The molecule has 0 atom stereocenters. The molecule has 2 aromatic rings. The molecular weight excluding hydrogens is 208 g/mol. The Hall–Kier alpha value is -1.28. The van der Waals surface area contributed by atoms with Gasteiger partial charge in [-0.25, -0.2) is 0 Å². The van der Waals surface area contributed by atoms with Crippen molar-refractivity contribution >= 4 is 28.2 Å². The minimum atomic E-state index is 0.715. The van der Waals surface area contributed by atoms with Crippen LogP contribution in [0.2, 0.25) is 5.02 Å². The molecule has 76 valence electrons. The van der Waals surface area contributed by atoms with Crippen molar-refractivity contribution in [3.63, 3.8) is 0 Å². The predicted octanol–water partition coefficient (Wildman–Crippen LogP) is 2.96. The van der Waals surface area contributed by atoms with Gasteiger partial charge in [0, 0.05) is 21.8 Å². The Labute approximate surface area is 93.1 Å². The van der Waals surface area contributed by atoms with Gasteiger partial charge in [0.2, 0.25) is 0 Å². The normalized spacial score (nSPS) is 14.5. The van der Waals surface area contributed by atoms with E-state index in [9.17, 15) is 0 Å². The van der Waals surface area contributed by atoms with E-state index < -0.39 is 0 Å². The van der Waals surface area contributed by atoms with Crippen LogP contribution in [0.4, 0.5) is 5.69 Å². The molecule has 0 unspecified atom stereocenters. The molecule has 0 radical (unpaired) electrons. The van der Waals surface area contributed by atoms with Crippen molar-refractivity contribution in [3.8, 4) is 0 Å². The Balaban J connectivity index is 2.41. The van der Waals surface area contributed by atoms with Gasteiger partial charge >= 0.3 is 0 Å². The Bertz CT molecular complexity index is 549. The second-order valence-corrected chi connectivity index (χ2v) is 4.40. The van der Waals surface area contributed by atoms with Gasteiger partial charge in [-0.2, -0.15) is 0 Å². The van der Waals surface area contributed by atoms with Crippen LogP contribution in [0.1, 0.15) is 17.7 Å². The first-order chi connectivity index (χ1) is 7.25. The number of pyridine rings is 1. The minimum absolute atomic E-state index is 0.715. The molecule has 1 aromatic carbocycles. The molecule has 3 rings (SSSR count). The number of benzene rings is 1. The van der Waals surface area contributed by atoms with Crippen LogP contribution < -0.4 is 5.73 Å². The van der Waals surface area contributed by atoms with Gasteiger partial charge in [-0.3, -0.25) is 4.98 Å². The topological polar surface area (TPSA) is 38.9 Å². The molecule has 3 heteroatoms. The van der Waals surface area contributed by atoms with Gasteiger partial charge in [0.05, 0.1) is 5.52 Å². The van der Waals surface area contributed by atoms with Crippen LogP contribution in [0, 0.1) is 0 Å². The van der Waals surface area contributed by atoms with Crippen LogP contribution in [-0.4, -0.2) is 4.98 Å². The van der Waals surface area contributed by atoms with E-state index in [0.29, 0.717) is 5.02 Å². The van der Waals surface area contributed by atoms with Crippen LogP contribution >= 0.6 is 11.6 Å². The lowest BCUT2D eigenvalue weighted by molar-refractivity contribution is 0.901. The van der Waals surface area contributed by atoms with Crippen molar-refractivity contribution in [2.75, 3.05) is 5.73 Å². The lowest BCUT2D eigenvalue weighted by Gasteiger charge is -2.07. The summed E-state index contributed by atoms with van der Waals surface area (Å²) in [6.07, 6.45) is 3.27. The van der Waals surface area contributed by atoms with Crippen LogP contribution in [0.3, 0.4) is 0 Å². The molecule has 1 aliphatic rings. The highest BCUT2D eigenvalue weighted by molar-refractivity contribution is 6.31. The second kappa shape index (κ2) is 3.11. The van der Waals surface area contributed by atoms with E-state index in [2.05, 4.69) is 4.98 Å². The predicted molar refractivity (Wildman–Crippen MR) is 63.2 cm³/mol. The number of hydrogen-bond acceptors (Lipinski definition) is 2. The monoisotopic (exact) mass is 218 g/mol. The Morgan fingerprint density at radius 1 is 1.27 bits per heavy atom. The van der Waals surface area contributed by atoms with E-state index in [1.807, 2.05) is 18.2 Å². The van der Waals surface area contributed by atoms with Crippen molar-refractivity contribution in [3.05, 3.63) is 34.5 Å². The van der Waals surface area contributed by atoms with Crippen LogP contribution in [0.15, 0.2) is 18.2 Å². The van der Waals surface area contributed by atoms with Crippen molar-refractivity contribution in [1.29, 1.82) is 0 Å². The molecule has 0 bridgehead atoms. The number of halogens is 1. The summed E-state index contributed by atoms with van der Waals surface area (Å²) in [7, 11) is 0. The number of nitrogens with two attached hydrogens (primary N) is 1. The first-order valence-electron chi connectivity index (χ1n) is 5.12. The summed E-state index contributed by atoms with van der Waals surface area (Å²) < 4.78 is 0. The number of aryl methyl sites for hydroxylation is 1. The van der Waals surface area contributed by atoms with Gasteiger partial charge in [0.15, 0.2) is 0 Å². The first-order valence-corrected chi connectivity index (χ1v) is 5.50. The van der Waals surface area contributed by atoms with Gasteiger partial charge in [-0.15, -0.1) is 0 Å². The molecular formula is C12H11ClN2. The molecule has 0 spiro atoms. The summed E-state index contributed by atoms with van der Waals surface area (Å²) in [5, 5.41) is 1.74. The Morgan fingerprint density at radius 3 is 3.00 bits per heavy atom. The van der Waals surface area contributed by atoms with Crippen molar-refractivity contribution in [2.45, 2.75) is 19.3 Å². The highest BCUT2D eigenvalue weighted by Gasteiger charge is 2.17. The lowest BCUT2D eigenvalue weighted by atomic mass is 10.1. The fourth-order valence-corrected chi connectivity index (χ4v) is 2.44. The molecule has 2 N–H and O–H groups in total. The van der Waals surface area contributed by atoms with Gasteiger partial charge in [-0.05, 0) is 43.0 Å². The standard InChI is InChI=1S/C12H11ClN2/c13-7-4-5-9-11(6-7)15-10-3-1-2-8(10)12(9)14/h4-6H,1-3H2,(H2,14,15). The van der Waals surface area contributed by atoms with E-state index >= 15 is 0 Å². The van der Waals surface area contributed by atoms with Gasteiger partial charge in [0.1, 0.15) is 0 Å². The number of hydrogen-bond donors (Lipinski definition) is 1. The van der Waals surface area contributed by atoms with Crippen molar-refractivity contribution in [2.24, 2.45) is 0 Å². The van der Waals surface area contributed by atoms with E-state index in [-0.39, 0.29) is 0 Å². The van der Waals surface area contributed by atoms with E-state index in [1.165, 1.54) is 5.56 Å². The molecule has 1 aromatic heterocycles. The SMILES string of the molecule is Nc1c2c(nc3cc(Cl)ccc13)CCC2. The van der Waals surface area contributed by atoms with Gasteiger partial charge < -0.3 is 5.73 Å². The number of anilines is 1. The molecule has 1 heterocycles. The van der Waals surface area contributed by atoms with Crippen molar-refractivity contribution in [1.82, 2.24) is 4.98 Å². The highest BCUT2D eigenvalue weighted by Crippen LogP contribution is 2.32. The molecule has 0 aliphatic heterocycles. The average molecular weight is 219 g/mol. The summed E-state index contributed by atoms with van der Waals surface area (Å²) in [5.41, 5.74) is 10.3. The number of rotatable bonds is 0. The first kappa shape index (κ1) is 8.98. The zero-order valence-electron chi connectivity index (χ0n) is 8.26. The molecule has 15 heavy (non-hydrogen) atoms. The number of fused-ring (bicyclic) bond motifs is 2. The Morgan fingerprint density at radius 2 is 2.13 bits per heavy atom. The maximum absolute atomic E-state index is 6.14. The number of nitrogens with zero attached hydrogens (tertiary/aromatic N) is 1. The highest BCUT2D eigenvalue weighted by atomic mass is 35.5. The maximum atomic E-state index is 6.14. The smallest absolute Gasteiger partial charge is 0.0741 e. The molecule has 0 saturated carbocycles. The van der Waals surface area contributed by atoms with Crippen LogP contribution in [0.25, 0.3) is 10.9 Å². The molecule has 0 saturated heterocycles. The molecule has 0 amide bonds. The van der Waals surface area contributed by atoms with Gasteiger partial charge in [-0.1, -0.05) is 11.6 Å².